The van der Waals surface area contributed by atoms with Crippen molar-refractivity contribution in [2.45, 2.75) is 82.8 Å². The molecule has 5 N–H and O–H groups in total. The van der Waals surface area contributed by atoms with Gasteiger partial charge in [-0.15, -0.1) is 0 Å². The Bertz CT molecular complexity index is 1560. The standard InChI is InChI=1S/C31H32O11/c1-12-8-15-4-5-16-25(24(15)18(33)9-12)30(38)26-17(32)6-7-21(27(26)29(16)37)41-22-11-20(35)31(14(3)40-22)42-23-10-19(34)28(36)13(2)39-23/h4-9,13-14,19-20,22-23,28,31-36H,10-11H2,1-3H3/t13-,14-,19-,20-,22+,23+,28-,31-/m1/s1. The van der Waals surface area contributed by atoms with Crippen LogP contribution in [0.1, 0.15) is 64.1 Å². The quantitative estimate of drug-likeness (QED) is 0.240. The number of aliphatic hydroxyl groups is 3. The van der Waals surface area contributed by atoms with Crippen LogP contribution in [0.2, 0.25) is 0 Å². The Morgan fingerprint density at radius 3 is 2.21 bits per heavy atom. The maximum atomic E-state index is 13.8. The van der Waals surface area contributed by atoms with Crippen molar-refractivity contribution in [3.63, 3.8) is 0 Å². The maximum absolute atomic E-state index is 13.8. The number of benzene rings is 3. The molecule has 0 spiro atoms. The van der Waals surface area contributed by atoms with Gasteiger partial charge in [0.25, 0.3) is 0 Å². The van der Waals surface area contributed by atoms with Crippen molar-refractivity contribution in [3.8, 4) is 17.2 Å². The SMILES string of the molecule is Cc1cc(O)c2c3c(ccc2c1)C(=O)c1c(O[C@H]2C[C@@H](O)[C@H](O[C@H]4C[C@@H](O)[C@H](O)[C@@H](C)O4)[C@@H](C)O2)ccc(O)c1C3=O. The first-order valence-corrected chi connectivity index (χ1v) is 13.8. The molecule has 11 heteroatoms. The highest BCUT2D eigenvalue weighted by atomic mass is 16.7. The van der Waals surface area contributed by atoms with Crippen LogP contribution < -0.4 is 4.74 Å². The smallest absolute Gasteiger partial charge is 0.202 e. The highest BCUT2D eigenvalue weighted by Crippen LogP contribution is 2.43. The van der Waals surface area contributed by atoms with Gasteiger partial charge in [0.05, 0.1) is 35.5 Å². The fourth-order valence-electron chi connectivity index (χ4n) is 6.12. The topological polar surface area (TPSA) is 172 Å². The number of carbonyl (C=O) groups is 2. The molecular formula is C31H32O11. The number of phenolic OH excluding ortho intramolecular Hbond substituents is 2. The lowest BCUT2D eigenvalue weighted by Gasteiger charge is -2.42. The molecule has 8 atom stereocenters. The van der Waals surface area contributed by atoms with Crippen LogP contribution in [-0.4, -0.2) is 86.3 Å². The molecule has 0 saturated carbocycles. The van der Waals surface area contributed by atoms with E-state index in [-0.39, 0.29) is 52.0 Å². The first-order chi connectivity index (χ1) is 19.9. The van der Waals surface area contributed by atoms with Crippen molar-refractivity contribution in [1.29, 1.82) is 0 Å². The zero-order valence-electron chi connectivity index (χ0n) is 23.2. The van der Waals surface area contributed by atoms with Crippen LogP contribution in [0.4, 0.5) is 0 Å². The molecule has 6 rings (SSSR count). The summed E-state index contributed by atoms with van der Waals surface area (Å²) >= 11 is 0. The van der Waals surface area contributed by atoms with Crippen LogP contribution in [0, 0.1) is 6.92 Å². The summed E-state index contributed by atoms with van der Waals surface area (Å²) in [6.07, 6.45) is -7.30. The second-order valence-corrected chi connectivity index (χ2v) is 11.2. The molecule has 3 aliphatic rings. The van der Waals surface area contributed by atoms with E-state index in [0.29, 0.717) is 5.39 Å². The van der Waals surface area contributed by atoms with Gasteiger partial charge in [-0.3, -0.25) is 9.59 Å². The molecule has 2 aliphatic heterocycles. The number of ether oxygens (including phenoxy) is 4. The van der Waals surface area contributed by atoms with Gasteiger partial charge in [0.1, 0.15) is 29.5 Å². The zero-order chi connectivity index (χ0) is 30.0. The molecule has 42 heavy (non-hydrogen) atoms. The van der Waals surface area contributed by atoms with E-state index in [0.717, 1.165) is 5.56 Å². The molecule has 222 valence electrons. The molecule has 0 radical (unpaired) electrons. The number of fused-ring (bicyclic) bond motifs is 4. The van der Waals surface area contributed by atoms with Crippen molar-refractivity contribution in [3.05, 3.63) is 64.2 Å². The van der Waals surface area contributed by atoms with Crippen LogP contribution in [-0.2, 0) is 14.2 Å². The average Bonchev–Trinajstić information content (AvgIpc) is 2.92. The van der Waals surface area contributed by atoms with Crippen molar-refractivity contribution in [2.75, 3.05) is 0 Å². The molecule has 3 aromatic rings. The highest BCUT2D eigenvalue weighted by Gasteiger charge is 2.43. The Hall–Kier alpha value is -3.58. The lowest BCUT2D eigenvalue weighted by Crippen LogP contribution is -2.54. The van der Waals surface area contributed by atoms with Gasteiger partial charge in [0.2, 0.25) is 6.29 Å². The minimum absolute atomic E-state index is 0.00443. The second-order valence-electron chi connectivity index (χ2n) is 11.2. The number of ketones is 2. The predicted octanol–water partition coefficient (Wildman–Crippen LogP) is 2.45. The molecule has 0 unspecified atom stereocenters. The number of aliphatic hydroxyl groups excluding tert-OH is 3. The van der Waals surface area contributed by atoms with E-state index in [9.17, 15) is 35.1 Å². The number of hydrogen-bond donors (Lipinski definition) is 5. The largest absolute Gasteiger partial charge is 0.507 e. The molecule has 0 bridgehead atoms. The summed E-state index contributed by atoms with van der Waals surface area (Å²) in [7, 11) is 0. The van der Waals surface area contributed by atoms with Gasteiger partial charge in [-0.2, -0.15) is 0 Å². The van der Waals surface area contributed by atoms with Gasteiger partial charge in [-0.25, -0.2) is 0 Å². The number of phenols is 2. The van der Waals surface area contributed by atoms with Gasteiger partial charge >= 0.3 is 0 Å². The van der Waals surface area contributed by atoms with Gasteiger partial charge in [-0.1, -0.05) is 12.1 Å². The second kappa shape index (κ2) is 10.6. The molecule has 2 saturated heterocycles. The summed E-state index contributed by atoms with van der Waals surface area (Å²) in [6, 6.07) is 9.07. The summed E-state index contributed by atoms with van der Waals surface area (Å²) in [4.78, 5) is 27.5. The van der Waals surface area contributed by atoms with Gasteiger partial charge in [0, 0.05) is 29.4 Å². The lowest BCUT2D eigenvalue weighted by molar-refractivity contribution is -0.303. The van der Waals surface area contributed by atoms with Crippen LogP contribution in [0.25, 0.3) is 10.8 Å². The van der Waals surface area contributed by atoms with E-state index in [1.807, 2.05) is 0 Å². The summed E-state index contributed by atoms with van der Waals surface area (Å²) in [6.45, 7) is 5.08. The number of hydrogen-bond acceptors (Lipinski definition) is 11. The summed E-state index contributed by atoms with van der Waals surface area (Å²) < 4.78 is 23.5. The fourth-order valence-corrected chi connectivity index (χ4v) is 6.12. The Kier molecular flexibility index (Phi) is 7.20. The normalized spacial score (nSPS) is 31.1. The van der Waals surface area contributed by atoms with E-state index in [1.165, 1.54) is 24.3 Å². The fraction of sp³-hybridized carbons (Fsp3) is 0.419. The zero-order valence-corrected chi connectivity index (χ0v) is 23.2. The first kappa shape index (κ1) is 28.5. The van der Waals surface area contributed by atoms with Crippen LogP contribution in [0.3, 0.4) is 0 Å². The maximum Gasteiger partial charge on any atom is 0.202 e. The summed E-state index contributed by atoms with van der Waals surface area (Å²) in [5.41, 5.74) is 0.467. The molecule has 0 amide bonds. The Balaban J connectivity index is 1.26. The molecule has 11 nitrogen and oxygen atoms in total. The number of aryl methyl sites for hydroxylation is 1. The van der Waals surface area contributed by atoms with E-state index in [1.54, 1.807) is 32.9 Å². The molecule has 0 aromatic heterocycles. The number of aromatic hydroxyl groups is 2. The number of rotatable bonds is 4. The minimum atomic E-state index is -1.08. The Morgan fingerprint density at radius 1 is 0.786 bits per heavy atom. The molecule has 2 fully saturated rings. The Labute approximate surface area is 240 Å². The van der Waals surface area contributed by atoms with Crippen molar-refractivity contribution in [1.82, 2.24) is 0 Å². The average molecular weight is 581 g/mol. The highest BCUT2D eigenvalue weighted by molar-refractivity contribution is 6.34. The monoisotopic (exact) mass is 580 g/mol. The summed E-state index contributed by atoms with van der Waals surface area (Å²) in [5, 5.41) is 53.1. The predicted molar refractivity (Wildman–Crippen MR) is 147 cm³/mol. The number of carbonyl (C=O) groups excluding carboxylic acids is 2. The summed E-state index contributed by atoms with van der Waals surface area (Å²) in [5.74, 6) is -1.77. The Morgan fingerprint density at radius 2 is 1.50 bits per heavy atom. The molecular weight excluding hydrogens is 548 g/mol. The van der Waals surface area contributed by atoms with Crippen molar-refractivity contribution >= 4 is 22.3 Å². The van der Waals surface area contributed by atoms with E-state index < -0.39 is 66.5 Å². The third-order valence-electron chi connectivity index (χ3n) is 8.20. The third kappa shape index (κ3) is 4.72. The first-order valence-electron chi connectivity index (χ1n) is 13.8. The van der Waals surface area contributed by atoms with Gasteiger partial charge in [-0.05, 0) is 56.0 Å². The lowest BCUT2D eigenvalue weighted by atomic mass is 9.80. The minimum Gasteiger partial charge on any atom is -0.507 e. The van der Waals surface area contributed by atoms with E-state index in [2.05, 4.69) is 0 Å². The van der Waals surface area contributed by atoms with Crippen molar-refractivity contribution in [2.24, 2.45) is 0 Å². The van der Waals surface area contributed by atoms with Crippen LogP contribution in [0.5, 0.6) is 17.2 Å². The molecule has 3 aromatic carbocycles. The van der Waals surface area contributed by atoms with Crippen LogP contribution >= 0.6 is 0 Å². The van der Waals surface area contributed by atoms with Gasteiger partial charge < -0.3 is 44.5 Å². The molecule has 2 heterocycles. The van der Waals surface area contributed by atoms with Gasteiger partial charge in [0.15, 0.2) is 17.9 Å². The molecule has 1 aliphatic carbocycles. The third-order valence-corrected chi connectivity index (χ3v) is 8.20. The van der Waals surface area contributed by atoms with Crippen LogP contribution in [0.15, 0.2) is 36.4 Å². The van der Waals surface area contributed by atoms with Crippen molar-refractivity contribution < 1.29 is 54.1 Å². The van der Waals surface area contributed by atoms with E-state index in [4.69, 9.17) is 18.9 Å². The van der Waals surface area contributed by atoms with E-state index >= 15 is 0 Å².